The molecule has 1 saturated carbocycles. The van der Waals surface area contributed by atoms with Gasteiger partial charge in [0.05, 0.1) is 6.04 Å². The molecule has 0 bridgehead atoms. The Kier molecular flexibility index (Phi) is 5.28. The first kappa shape index (κ1) is 16.3. The number of hydrogen-bond donors (Lipinski definition) is 1. The highest BCUT2D eigenvalue weighted by Crippen LogP contribution is 2.36. The Morgan fingerprint density at radius 1 is 1.33 bits per heavy atom. The first-order valence-electron chi connectivity index (χ1n) is 7.80. The lowest BCUT2D eigenvalue weighted by Crippen LogP contribution is -2.43. The molecular formula is C17H25ClN2O. The lowest BCUT2D eigenvalue weighted by atomic mass is 9.89. The van der Waals surface area contributed by atoms with E-state index in [4.69, 9.17) is 5.73 Å². The summed E-state index contributed by atoms with van der Waals surface area (Å²) in [7, 11) is 0. The molecule has 1 unspecified atom stereocenters. The van der Waals surface area contributed by atoms with Crippen molar-refractivity contribution < 1.29 is 4.79 Å². The van der Waals surface area contributed by atoms with Crippen LogP contribution in [0.15, 0.2) is 24.3 Å². The second-order valence-corrected chi connectivity index (χ2v) is 6.19. The molecule has 3 rings (SSSR count). The van der Waals surface area contributed by atoms with E-state index in [1.165, 1.54) is 11.1 Å². The Hall–Kier alpha value is -1.06. The fourth-order valence-electron chi connectivity index (χ4n) is 3.93. The van der Waals surface area contributed by atoms with Gasteiger partial charge in [-0.1, -0.05) is 30.7 Å². The third kappa shape index (κ3) is 2.95. The minimum atomic E-state index is 0. The van der Waals surface area contributed by atoms with Crippen LogP contribution in [0.25, 0.3) is 0 Å². The fourth-order valence-corrected chi connectivity index (χ4v) is 3.93. The maximum Gasteiger partial charge on any atom is 0.226 e. The number of rotatable bonds is 2. The number of carbonyl (C=O) groups is 1. The zero-order valence-corrected chi connectivity index (χ0v) is 13.4. The van der Waals surface area contributed by atoms with Crippen LogP contribution in [0.5, 0.6) is 0 Å². The molecule has 3 nitrogen and oxygen atoms in total. The summed E-state index contributed by atoms with van der Waals surface area (Å²) in [5.74, 6) is 0.888. The van der Waals surface area contributed by atoms with Crippen molar-refractivity contribution in [3.63, 3.8) is 0 Å². The highest BCUT2D eigenvalue weighted by Gasteiger charge is 2.37. The van der Waals surface area contributed by atoms with Crippen LogP contribution in [0.3, 0.4) is 0 Å². The molecule has 2 N–H and O–H groups in total. The van der Waals surface area contributed by atoms with Gasteiger partial charge in [0, 0.05) is 12.5 Å². The first-order chi connectivity index (χ1) is 9.72. The molecule has 1 fully saturated rings. The number of nitrogens with zero attached hydrogens (tertiary/aromatic N) is 1. The number of benzene rings is 1. The molecule has 0 radical (unpaired) electrons. The molecule has 1 amide bonds. The Morgan fingerprint density at radius 3 is 2.86 bits per heavy atom. The molecule has 1 aromatic rings. The monoisotopic (exact) mass is 308 g/mol. The van der Waals surface area contributed by atoms with Gasteiger partial charge in [-0.15, -0.1) is 12.4 Å². The number of nitrogens with two attached hydrogens (primary N) is 1. The molecule has 21 heavy (non-hydrogen) atoms. The fraction of sp³-hybridized carbons (Fsp3) is 0.588. The number of hydrogen-bond acceptors (Lipinski definition) is 2. The third-order valence-corrected chi connectivity index (χ3v) is 5.16. The normalized spacial score (nSPS) is 27.9. The van der Waals surface area contributed by atoms with Gasteiger partial charge >= 0.3 is 0 Å². The van der Waals surface area contributed by atoms with Crippen LogP contribution < -0.4 is 5.73 Å². The molecule has 116 valence electrons. The first-order valence-corrected chi connectivity index (χ1v) is 7.80. The number of amides is 1. The highest BCUT2D eigenvalue weighted by molar-refractivity contribution is 5.85. The quantitative estimate of drug-likeness (QED) is 0.913. The zero-order valence-electron chi connectivity index (χ0n) is 12.6. The van der Waals surface area contributed by atoms with E-state index in [1.807, 2.05) is 0 Å². The molecule has 4 heteroatoms. The van der Waals surface area contributed by atoms with E-state index >= 15 is 0 Å². The average Bonchev–Trinajstić information content (AvgIpc) is 2.96. The van der Waals surface area contributed by atoms with Gasteiger partial charge in [0.15, 0.2) is 0 Å². The molecule has 1 aromatic carbocycles. The van der Waals surface area contributed by atoms with E-state index in [0.29, 0.717) is 18.4 Å². The molecule has 1 heterocycles. The van der Waals surface area contributed by atoms with E-state index in [1.54, 1.807) is 0 Å². The van der Waals surface area contributed by atoms with Crippen LogP contribution >= 0.6 is 12.4 Å². The smallest absolute Gasteiger partial charge is 0.226 e. The summed E-state index contributed by atoms with van der Waals surface area (Å²) < 4.78 is 0. The van der Waals surface area contributed by atoms with Crippen LogP contribution in [0.2, 0.25) is 0 Å². The minimum Gasteiger partial charge on any atom is -0.335 e. The van der Waals surface area contributed by atoms with E-state index in [9.17, 15) is 4.79 Å². The van der Waals surface area contributed by atoms with Gasteiger partial charge in [-0.3, -0.25) is 4.79 Å². The molecule has 1 aliphatic carbocycles. The van der Waals surface area contributed by atoms with Crippen molar-refractivity contribution in [2.75, 3.05) is 13.1 Å². The molecule has 3 atom stereocenters. The molecule has 0 spiro atoms. The number of halogens is 1. The lowest BCUT2D eigenvalue weighted by molar-refractivity contribution is -0.139. The Labute approximate surface area is 133 Å². The van der Waals surface area contributed by atoms with Gasteiger partial charge in [0.2, 0.25) is 5.91 Å². The van der Waals surface area contributed by atoms with Gasteiger partial charge < -0.3 is 10.6 Å². The van der Waals surface area contributed by atoms with Crippen molar-refractivity contribution >= 4 is 18.3 Å². The Balaban J connectivity index is 0.00000161. The highest BCUT2D eigenvalue weighted by atomic mass is 35.5. The third-order valence-electron chi connectivity index (χ3n) is 5.16. The predicted molar refractivity (Wildman–Crippen MR) is 87.4 cm³/mol. The van der Waals surface area contributed by atoms with Gasteiger partial charge in [-0.25, -0.2) is 0 Å². The van der Waals surface area contributed by atoms with Gasteiger partial charge in [0.1, 0.15) is 0 Å². The van der Waals surface area contributed by atoms with Crippen molar-refractivity contribution in [3.05, 3.63) is 35.4 Å². The summed E-state index contributed by atoms with van der Waals surface area (Å²) in [6.45, 7) is 3.66. The van der Waals surface area contributed by atoms with Crippen molar-refractivity contribution in [3.8, 4) is 0 Å². The van der Waals surface area contributed by atoms with E-state index < -0.39 is 0 Å². The van der Waals surface area contributed by atoms with Crippen LogP contribution in [0, 0.1) is 11.8 Å². The largest absolute Gasteiger partial charge is 0.335 e. The molecule has 0 saturated heterocycles. The van der Waals surface area contributed by atoms with Crippen LogP contribution in [0.4, 0.5) is 0 Å². The summed E-state index contributed by atoms with van der Waals surface area (Å²) in [4.78, 5) is 14.9. The summed E-state index contributed by atoms with van der Waals surface area (Å²) in [6.07, 6.45) is 4.26. The van der Waals surface area contributed by atoms with Crippen molar-refractivity contribution in [1.82, 2.24) is 4.90 Å². The predicted octanol–water partition coefficient (Wildman–Crippen LogP) is 2.93. The van der Waals surface area contributed by atoms with E-state index in [0.717, 1.165) is 32.2 Å². The Morgan fingerprint density at radius 2 is 2.10 bits per heavy atom. The molecule has 0 aromatic heterocycles. The van der Waals surface area contributed by atoms with Crippen LogP contribution in [-0.2, 0) is 11.2 Å². The average molecular weight is 309 g/mol. The second-order valence-electron chi connectivity index (χ2n) is 6.19. The summed E-state index contributed by atoms with van der Waals surface area (Å²) in [6, 6.07) is 8.71. The lowest BCUT2D eigenvalue weighted by Gasteiger charge is -2.37. The summed E-state index contributed by atoms with van der Waals surface area (Å²) in [5.41, 5.74) is 8.54. The van der Waals surface area contributed by atoms with E-state index in [-0.39, 0.29) is 24.4 Å². The second kappa shape index (κ2) is 6.80. The SMILES string of the molecule is CC1c2ccccc2CCN1C(=O)[C@@H]1CCC[C@@H]1CN.Cl. The summed E-state index contributed by atoms with van der Waals surface area (Å²) in [5, 5.41) is 0. The zero-order chi connectivity index (χ0) is 14.1. The molecule has 1 aliphatic heterocycles. The molecule has 2 aliphatic rings. The maximum atomic E-state index is 12.9. The van der Waals surface area contributed by atoms with E-state index in [2.05, 4.69) is 36.1 Å². The van der Waals surface area contributed by atoms with Crippen LogP contribution in [0.1, 0.15) is 43.4 Å². The van der Waals surface area contributed by atoms with Gasteiger partial charge in [-0.2, -0.15) is 0 Å². The number of fused-ring (bicyclic) bond motifs is 1. The van der Waals surface area contributed by atoms with Crippen molar-refractivity contribution in [2.45, 2.75) is 38.6 Å². The van der Waals surface area contributed by atoms with Gasteiger partial charge in [-0.05, 0) is 49.8 Å². The molecular weight excluding hydrogens is 284 g/mol. The minimum absolute atomic E-state index is 0. The number of carbonyl (C=O) groups excluding carboxylic acids is 1. The topological polar surface area (TPSA) is 46.3 Å². The Bertz CT molecular complexity index is 505. The van der Waals surface area contributed by atoms with Gasteiger partial charge in [0.25, 0.3) is 0 Å². The van der Waals surface area contributed by atoms with Crippen LogP contribution in [-0.4, -0.2) is 23.9 Å². The standard InChI is InChI=1S/C17H24N2O.ClH/c1-12-15-7-3-2-5-13(15)9-10-19(12)17(20)16-8-4-6-14(16)11-18;/h2-3,5,7,12,14,16H,4,6,8-11,18H2,1H3;1H/t12?,14-,16-;/m1./s1. The summed E-state index contributed by atoms with van der Waals surface area (Å²) >= 11 is 0. The van der Waals surface area contributed by atoms with Crippen molar-refractivity contribution in [1.29, 1.82) is 0 Å². The maximum absolute atomic E-state index is 12.9. The van der Waals surface area contributed by atoms with Crippen molar-refractivity contribution in [2.24, 2.45) is 17.6 Å².